The number of ether oxygens (including phenoxy) is 1. The van der Waals surface area contributed by atoms with Gasteiger partial charge >= 0.3 is 6.09 Å². The number of carbonyl (C=O) groups is 1. The van der Waals surface area contributed by atoms with Crippen molar-refractivity contribution in [1.82, 2.24) is 9.47 Å². The third-order valence-corrected chi connectivity index (χ3v) is 4.56. The number of carboxylic acid groups (broad SMARTS) is 1. The SMILES string of the molecule is CC1Cn2c3c(c4cccc(c42)O1)CCN(C(=O)O)CC3. The Morgan fingerprint density at radius 1 is 1.33 bits per heavy atom. The molecule has 4 rings (SSSR count). The first-order valence-electron chi connectivity index (χ1n) is 7.42. The summed E-state index contributed by atoms with van der Waals surface area (Å²) < 4.78 is 8.29. The number of nitrogens with zero attached hydrogens (tertiary/aromatic N) is 2. The van der Waals surface area contributed by atoms with Crippen molar-refractivity contribution in [1.29, 1.82) is 0 Å². The zero-order valence-corrected chi connectivity index (χ0v) is 12.0. The van der Waals surface area contributed by atoms with Gasteiger partial charge < -0.3 is 19.3 Å². The second-order valence-corrected chi connectivity index (χ2v) is 5.89. The van der Waals surface area contributed by atoms with Crippen LogP contribution in [0.4, 0.5) is 4.79 Å². The van der Waals surface area contributed by atoms with Crippen LogP contribution in [0.5, 0.6) is 5.75 Å². The molecule has 1 atom stereocenters. The molecule has 0 bridgehead atoms. The molecule has 21 heavy (non-hydrogen) atoms. The van der Waals surface area contributed by atoms with Crippen molar-refractivity contribution < 1.29 is 14.6 Å². The lowest BCUT2D eigenvalue weighted by molar-refractivity contribution is 0.147. The normalized spacial score (nSPS) is 20.8. The Morgan fingerprint density at radius 2 is 2.14 bits per heavy atom. The Morgan fingerprint density at radius 3 is 2.95 bits per heavy atom. The third-order valence-electron chi connectivity index (χ3n) is 4.56. The van der Waals surface area contributed by atoms with Crippen LogP contribution in [0.2, 0.25) is 0 Å². The molecule has 0 fully saturated rings. The molecule has 3 heterocycles. The van der Waals surface area contributed by atoms with Crippen LogP contribution in [0, 0.1) is 0 Å². The summed E-state index contributed by atoms with van der Waals surface area (Å²) in [6.45, 7) is 4.07. The molecule has 2 aromatic rings. The molecule has 110 valence electrons. The Balaban J connectivity index is 1.88. The standard InChI is InChI=1S/C16H18N2O3/c1-10-9-18-13-6-8-17(16(19)20)7-5-11(13)12-3-2-4-14(21-10)15(12)18/h2-4,10H,5-9H2,1H3,(H,19,20). The quantitative estimate of drug-likeness (QED) is 0.809. The minimum absolute atomic E-state index is 0.151. The van der Waals surface area contributed by atoms with Gasteiger partial charge in [0.25, 0.3) is 0 Å². The molecule has 0 saturated heterocycles. The topological polar surface area (TPSA) is 54.7 Å². The van der Waals surface area contributed by atoms with Crippen LogP contribution in [0.3, 0.4) is 0 Å². The van der Waals surface area contributed by atoms with Gasteiger partial charge in [0.05, 0.1) is 12.1 Å². The summed E-state index contributed by atoms with van der Waals surface area (Å²) in [6.07, 6.45) is 0.893. The minimum atomic E-state index is -0.819. The fraction of sp³-hybridized carbons (Fsp3) is 0.438. The van der Waals surface area contributed by atoms with E-state index < -0.39 is 6.09 Å². The van der Waals surface area contributed by atoms with E-state index >= 15 is 0 Å². The lowest BCUT2D eigenvalue weighted by Gasteiger charge is -2.25. The van der Waals surface area contributed by atoms with E-state index in [2.05, 4.69) is 17.6 Å². The van der Waals surface area contributed by atoms with Crippen LogP contribution < -0.4 is 4.74 Å². The largest absolute Gasteiger partial charge is 0.487 e. The number of hydrogen-bond donors (Lipinski definition) is 1. The van der Waals surface area contributed by atoms with E-state index in [4.69, 9.17) is 4.74 Å². The molecule has 5 nitrogen and oxygen atoms in total. The van der Waals surface area contributed by atoms with Crippen LogP contribution >= 0.6 is 0 Å². The molecular formula is C16H18N2O3. The van der Waals surface area contributed by atoms with E-state index in [1.54, 1.807) is 0 Å². The van der Waals surface area contributed by atoms with Crippen LogP contribution in [-0.2, 0) is 19.4 Å². The summed E-state index contributed by atoms with van der Waals surface area (Å²) >= 11 is 0. The van der Waals surface area contributed by atoms with Crippen LogP contribution in [0.25, 0.3) is 10.9 Å². The highest BCUT2D eigenvalue weighted by Crippen LogP contribution is 2.38. The fourth-order valence-corrected chi connectivity index (χ4v) is 3.66. The number of fused-ring (bicyclic) bond motifs is 3. The van der Waals surface area contributed by atoms with E-state index in [0.29, 0.717) is 13.1 Å². The van der Waals surface area contributed by atoms with E-state index in [-0.39, 0.29) is 6.10 Å². The first-order valence-corrected chi connectivity index (χ1v) is 7.42. The summed E-state index contributed by atoms with van der Waals surface area (Å²) in [7, 11) is 0. The van der Waals surface area contributed by atoms with Gasteiger partial charge in [0, 0.05) is 30.6 Å². The molecular weight excluding hydrogens is 268 g/mol. The average molecular weight is 286 g/mol. The van der Waals surface area contributed by atoms with Crippen molar-refractivity contribution in [2.75, 3.05) is 13.1 Å². The Hall–Kier alpha value is -2.17. The zero-order chi connectivity index (χ0) is 14.6. The summed E-state index contributed by atoms with van der Waals surface area (Å²) in [5.41, 5.74) is 3.77. The highest BCUT2D eigenvalue weighted by Gasteiger charge is 2.28. The molecule has 1 amide bonds. The number of para-hydroxylation sites is 1. The lowest BCUT2D eigenvalue weighted by Crippen LogP contribution is -2.32. The Bertz CT molecular complexity index is 735. The Kier molecular flexibility index (Phi) is 2.64. The maximum atomic E-state index is 11.2. The van der Waals surface area contributed by atoms with E-state index in [0.717, 1.165) is 25.1 Å². The summed E-state index contributed by atoms with van der Waals surface area (Å²) in [5.74, 6) is 0.953. The predicted molar refractivity (Wildman–Crippen MR) is 79.0 cm³/mol. The van der Waals surface area contributed by atoms with E-state index in [9.17, 15) is 9.90 Å². The van der Waals surface area contributed by atoms with Gasteiger partial charge in [-0.3, -0.25) is 0 Å². The van der Waals surface area contributed by atoms with Crippen molar-refractivity contribution in [2.45, 2.75) is 32.4 Å². The number of hydrogen-bond acceptors (Lipinski definition) is 2. The zero-order valence-electron chi connectivity index (χ0n) is 12.0. The van der Waals surface area contributed by atoms with Crippen molar-refractivity contribution >= 4 is 17.0 Å². The van der Waals surface area contributed by atoms with Crippen LogP contribution in [0.1, 0.15) is 18.2 Å². The number of benzene rings is 1. The number of aromatic nitrogens is 1. The first kappa shape index (κ1) is 12.6. The molecule has 2 aliphatic heterocycles. The Labute approximate surface area is 122 Å². The van der Waals surface area contributed by atoms with E-state index in [1.165, 1.54) is 27.1 Å². The van der Waals surface area contributed by atoms with Gasteiger partial charge in [0.2, 0.25) is 0 Å². The molecule has 5 heteroatoms. The molecule has 0 spiro atoms. The molecule has 0 aliphatic carbocycles. The second kappa shape index (κ2) is 4.41. The monoisotopic (exact) mass is 286 g/mol. The summed E-state index contributed by atoms with van der Waals surface area (Å²) in [6, 6.07) is 6.18. The first-order chi connectivity index (χ1) is 10.1. The predicted octanol–water partition coefficient (Wildman–Crippen LogP) is 2.50. The van der Waals surface area contributed by atoms with Crippen molar-refractivity contribution in [3.05, 3.63) is 29.5 Å². The molecule has 0 radical (unpaired) electrons. The fourth-order valence-electron chi connectivity index (χ4n) is 3.66. The molecule has 0 saturated carbocycles. The van der Waals surface area contributed by atoms with Gasteiger partial charge in [-0.1, -0.05) is 12.1 Å². The van der Waals surface area contributed by atoms with Crippen molar-refractivity contribution in [2.24, 2.45) is 0 Å². The minimum Gasteiger partial charge on any atom is -0.487 e. The highest BCUT2D eigenvalue weighted by molar-refractivity contribution is 5.91. The molecule has 1 aromatic carbocycles. The smallest absolute Gasteiger partial charge is 0.407 e. The third kappa shape index (κ3) is 1.80. The molecule has 1 unspecified atom stereocenters. The van der Waals surface area contributed by atoms with Crippen molar-refractivity contribution in [3.8, 4) is 5.75 Å². The van der Waals surface area contributed by atoms with E-state index in [1.807, 2.05) is 12.1 Å². The lowest BCUT2D eigenvalue weighted by atomic mass is 10.1. The van der Waals surface area contributed by atoms with Gasteiger partial charge in [-0.15, -0.1) is 0 Å². The summed E-state index contributed by atoms with van der Waals surface area (Å²) in [5, 5.41) is 10.4. The van der Waals surface area contributed by atoms with Crippen LogP contribution in [-0.4, -0.2) is 39.9 Å². The van der Waals surface area contributed by atoms with Gasteiger partial charge in [0.1, 0.15) is 11.9 Å². The van der Waals surface area contributed by atoms with Crippen molar-refractivity contribution in [3.63, 3.8) is 0 Å². The number of rotatable bonds is 0. The van der Waals surface area contributed by atoms with Gasteiger partial charge in [0.15, 0.2) is 0 Å². The van der Waals surface area contributed by atoms with Crippen LogP contribution in [0.15, 0.2) is 18.2 Å². The number of amides is 1. The maximum absolute atomic E-state index is 11.2. The molecule has 1 N–H and O–H groups in total. The second-order valence-electron chi connectivity index (χ2n) is 5.89. The highest BCUT2D eigenvalue weighted by atomic mass is 16.5. The van der Waals surface area contributed by atoms with Gasteiger partial charge in [-0.25, -0.2) is 4.79 Å². The van der Waals surface area contributed by atoms with Gasteiger partial charge in [-0.2, -0.15) is 0 Å². The molecule has 1 aromatic heterocycles. The average Bonchev–Trinajstić information content (AvgIpc) is 2.62. The van der Waals surface area contributed by atoms with Gasteiger partial charge in [-0.05, 0) is 25.0 Å². The molecule has 2 aliphatic rings. The maximum Gasteiger partial charge on any atom is 0.407 e. The summed E-state index contributed by atoms with van der Waals surface area (Å²) in [4.78, 5) is 12.7.